The lowest BCUT2D eigenvalue weighted by molar-refractivity contribution is -0.132. The summed E-state index contributed by atoms with van der Waals surface area (Å²) in [7, 11) is 0. The fourth-order valence-electron chi connectivity index (χ4n) is 8.35. The van der Waals surface area contributed by atoms with Crippen LogP contribution in [0.5, 0.6) is 0 Å². The zero-order valence-corrected chi connectivity index (χ0v) is 50.0. The van der Waals surface area contributed by atoms with Gasteiger partial charge >= 0.3 is 5.97 Å². The van der Waals surface area contributed by atoms with Crippen LogP contribution in [0, 0.1) is 17.8 Å². The number of rotatable bonds is 48. The van der Waals surface area contributed by atoms with Gasteiger partial charge in [0.25, 0.3) is 0 Å². The molecular formula is C67H105NO16. The zero-order valence-electron chi connectivity index (χ0n) is 50.0. The summed E-state index contributed by atoms with van der Waals surface area (Å²) >= 11 is 0. The summed E-state index contributed by atoms with van der Waals surface area (Å²) in [5, 5.41) is 144. The van der Waals surface area contributed by atoms with Crippen molar-refractivity contribution >= 4 is 11.8 Å². The van der Waals surface area contributed by atoms with E-state index in [2.05, 4.69) is 0 Å². The fourth-order valence-corrected chi connectivity index (χ4v) is 8.35. The predicted octanol–water partition coefficient (Wildman–Crippen LogP) is 6.62. The number of aliphatic hydroxyl groups excluding tert-OH is 13. The van der Waals surface area contributed by atoms with E-state index in [1.165, 1.54) is 37.3 Å². The van der Waals surface area contributed by atoms with Gasteiger partial charge in [0.15, 0.2) is 0 Å². The van der Waals surface area contributed by atoms with Crippen molar-refractivity contribution in [3.63, 3.8) is 0 Å². The average molecular weight is 1180 g/mol. The van der Waals surface area contributed by atoms with Gasteiger partial charge in [-0.05, 0) is 96.9 Å². The van der Waals surface area contributed by atoms with Crippen molar-refractivity contribution in [2.24, 2.45) is 23.5 Å². The number of hydrogen-bond donors (Lipinski definition) is 15. The average Bonchev–Trinajstić information content (AvgIpc) is 3.50. The topological polar surface area (TPSA) is 343 Å². The van der Waals surface area contributed by atoms with Crippen molar-refractivity contribution < 1.29 is 81.1 Å². The van der Waals surface area contributed by atoms with E-state index >= 15 is 0 Å². The van der Waals surface area contributed by atoms with Gasteiger partial charge < -0.3 is 77.2 Å². The lowest BCUT2D eigenvalue weighted by Gasteiger charge is -2.25. The SMILES string of the molecule is CC(=CC=CC=CC=CC=CCCC=CC(C)C(O)C(C)C(O)C=CC=CC=CC=CC=CCC(O)C(C)C(=O)CC(O)CC(O)CC(O)C=CCC(O)CC(O)CC(O)CC(O)C=CCC(O)C=CCC(O)CC(O)CCCCN)C(=O)O. The molecule has 0 radical (unpaired) electrons. The van der Waals surface area contributed by atoms with Crippen LogP contribution in [-0.2, 0) is 9.59 Å². The minimum atomic E-state index is -1.21. The molecule has 0 heterocycles. The number of aliphatic carboxylic acids is 1. The summed E-state index contributed by atoms with van der Waals surface area (Å²) in [5.41, 5.74) is 5.72. The Morgan fingerprint density at radius 1 is 0.429 bits per heavy atom. The smallest absolute Gasteiger partial charge is 0.331 e. The summed E-state index contributed by atoms with van der Waals surface area (Å²) in [5.74, 6) is -2.66. The lowest BCUT2D eigenvalue weighted by Crippen LogP contribution is -2.32. The molecule has 16 unspecified atom stereocenters. The summed E-state index contributed by atoms with van der Waals surface area (Å²) in [6.45, 7) is 7.36. The molecule has 0 aliphatic carbocycles. The van der Waals surface area contributed by atoms with Crippen LogP contribution in [0.15, 0.2) is 170 Å². The molecule has 0 aromatic heterocycles. The third-order valence-electron chi connectivity index (χ3n) is 13.6. The number of carboxylic acids is 1. The van der Waals surface area contributed by atoms with Crippen molar-refractivity contribution in [2.75, 3.05) is 6.54 Å². The number of ketones is 1. The molecule has 0 spiro atoms. The molecule has 16 atom stereocenters. The molecule has 0 aromatic carbocycles. The van der Waals surface area contributed by atoms with Crippen LogP contribution in [0.3, 0.4) is 0 Å². The molecule has 0 bridgehead atoms. The second kappa shape index (κ2) is 50.1. The molecule has 84 heavy (non-hydrogen) atoms. The number of unbranched alkanes of at least 4 members (excludes halogenated alkanes) is 2. The second-order valence-corrected chi connectivity index (χ2v) is 21.6. The van der Waals surface area contributed by atoms with Crippen molar-refractivity contribution in [3.8, 4) is 0 Å². The first-order valence-electron chi connectivity index (χ1n) is 29.6. The maximum absolute atomic E-state index is 12.8. The first-order chi connectivity index (χ1) is 40.0. The molecule has 0 saturated heterocycles. The number of carbonyl (C=O) groups is 2. The highest BCUT2D eigenvalue weighted by molar-refractivity contribution is 5.86. The van der Waals surface area contributed by atoms with Gasteiger partial charge in [-0.25, -0.2) is 4.79 Å². The van der Waals surface area contributed by atoms with Gasteiger partial charge in [-0.1, -0.05) is 185 Å². The zero-order chi connectivity index (χ0) is 63.1. The van der Waals surface area contributed by atoms with Gasteiger partial charge in [-0.15, -0.1) is 0 Å². The highest BCUT2D eigenvalue weighted by Crippen LogP contribution is 2.21. The summed E-state index contributed by atoms with van der Waals surface area (Å²) in [4.78, 5) is 23.6. The molecule has 0 fully saturated rings. The first-order valence-corrected chi connectivity index (χ1v) is 29.6. The van der Waals surface area contributed by atoms with E-state index in [1.54, 1.807) is 98.9 Å². The van der Waals surface area contributed by atoms with E-state index in [1.807, 2.05) is 55.5 Å². The standard InChI is InChI=1S/C67H105NO16/c1-49(30-21-17-13-9-6-5-7-10-14-18-22-31-50(2)67(83)84)66(82)52(4)64(80)40-24-20-16-12-8-11-15-19-23-39-63(79)51(3)65(81)48-62(78)47-61(77)45-58(74)38-29-37-57(73)44-60(76)46-59(75)43-56(72)36-28-34-53(69)33-27-35-55(71)42-54(70)32-25-26-41-68/h5-12,14-16,18-24,27-31,33,36,38,40,49,51-64,66,69-80,82H,13,17,25-26,32,34-35,37,39,41-48,68H2,1-4H3,(H,83,84). The number of nitrogens with two attached hydrogens (primary N) is 1. The highest BCUT2D eigenvalue weighted by atomic mass is 16.4. The molecule has 17 nitrogen and oxygen atoms in total. The Kier molecular flexibility index (Phi) is 47.1. The van der Waals surface area contributed by atoms with Crippen LogP contribution in [0.25, 0.3) is 0 Å². The Balaban J connectivity index is 4.50. The summed E-state index contributed by atoms with van der Waals surface area (Å²) in [6.07, 6.45) is 38.0. The quantitative estimate of drug-likeness (QED) is 0.0132. The van der Waals surface area contributed by atoms with Crippen LogP contribution in [-0.4, -0.2) is 169 Å². The van der Waals surface area contributed by atoms with Crippen LogP contribution in [0.4, 0.5) is 0 Å². The van der Waals surface area contributed by atoms with E-state index in [4.69, 9.17) is 10.8 Å². The van der Waals surface area contributed by atoms with Gasteiger partial charge in [0, 0.05) is 42.6 Å². The van der Waals surface area contributed by atoms with Crippen molar-refractivity contribution in [1.29, 1.82) is 0 Å². The van der Waals surface area contributed by atoms with E-state index < -0.39 is 97.2 Å². The molecule has 0 rings (SSSR count). The normalized spacial score (nSPS) is 19.4. The maximum atomic E-state index is 12.8. The number of carboxylic acid groups (broad SMARTS) is 1. The van der Waals surface area contributed by atoms with Gasteiger partial charge in [-0.2, -0.15) is 0 Å². The fraction of sp³-hybridized carbons (Fsp3) is 0.552. The molecule has 17 heteroatoms. The predicted molar refractivity (Wildman–Crippen MR) is 334 cm³/mol. The van der Waals surface area contributed by atoms with Gasteiger partial charge in [0.1, 0.15) is 5.78 Å². The summed E-state index contributed by atoms with van der Waals surface area (Å²) in [6, 6.07) is 0. The van der Waals surface area contributed by atoms with Gasteiger partial charge in [0.05, 0.1) is 79.4 Å². The van der Waals surface area contributed by atoms with E-state index in [0.717, 1.165) is 25.7 Å². The van der Waals surface area contributed by atoms with Crippen LogP contribution in [0.2, 0.25) is 0 Å². The van der Waals surface area contributed by atoms with E-state index in [9.17, 15) is 76.0 Å². The molecule has 0 amide bonds. The maximum Gasteiger partial charge on any atom is 0.331 e. The third-order valence-corrected chi connectivity index (χ3v) is 13.6. The van der Waals surface area contributed by atoms with E-state index in [0.29, 0.717) is 13.0 Å². The summed E-state index contributed by atoms with van der Waals surface area (Å²) < 4.78 is 0. The minimum absolute atomic E-state index is 0.0531. The third kappa shape index (κ3) is 44.4. The van der Waals surface area contributed by atoms with Crippen molar-refractivity contribution in [1.82, 2.24) is 0 Å². The molecule has 474 valence electrons. The Labute approximate surface area is 500 Å². The molecule has 0 aliphatic heterocycles. The Morgan fingerprint density at radius 2 is 0.881 bits per heavy atom. The monoisotopic (exact) mass is 1180 g/mol. The Bertz CT molecular complexity index is 2170. The highest BCUT2D eigenvalue weighted by Gasteiger charge is 2.26. The number of allylic oxidation sites excluding steroid dienone is 18. The number of hydrogen-bond acceptors (Lipinski definition) is 16. The van der Waals surface area contributed by atoms with E-state index in [-0.39, 0.29) is 87.9 Å². The number of aliphatic hydroxyl groups is 13. The largest absolute Gasteiger partial charge is 0.478 e. The first kappa shape index (κ1) is 78.9. The number of carbonyl (C=O) groups excluding carboxylic acids is 1. The molecule has 0 saturated carbocycles. The van der Waals surface area contributed by atoms with Crippen LogP contribution >= 0.6 is 0 Å². The van der Waals surface area contributed by atoms with Crippen LogP contribution in [0.1, 0.15) is 130 Å². The second-order valence-electron chi connectivity index (χ2n) is 21.6. The number of Topliss-reactive ketones (excluding diaryl/α,β-unsaturated/α-hetero) is 1. The molecular weight excluding hydrogens is 1070 g/mol. The molecule has 0 aromatic rings. The Hall–Kier alpha value is -5.06. The van der Waals surface area contributed by atoms with Crippen LogP contribution < -0.4 is 5.73 Å². The van der Waals surface area contributed by atoms with Crippen molar-refractivity contribution in [3.05, 3.63) is 170 Å². The minimum Gasteiger partial charge on any atom is -0.478 e. The van der Waals surface area contributed by atoms with Crippen molar-refractivity contribution in [2.45, 2.75) is 210 Å². The van der Waals surface area contributed by atoms with Gasteiger partial charge in [0.2, 0.25) is 0 Å². The Morgan fingerprint density at radius 3 is 1.44 bits per heavy atom. The molecule has 16 N–H and O–H groups in total. The van der Waals surface area contributed by atoms with Gasteiger partial charge in [-0.3, -0.25) is 4.79 Å². The molecule has 0 aliphatic rings. The lowest BCUT2D eigenvalue weighted by atomic mass is 9.88.